The van der Waals surface area contributed by atoms with Crippen LogP contribution < -0.4 is 10.5 Å². The number of amides is 1. The summed E-state index contributed by atoms with van der Waals surface area (Å²) in [5.41, 5.74) is 9.54. The minimum absolute atomic E-state index is 0. The van der Waals surface area contributed by atoms with Crippen LogP contribution in [0.25, 0.3) is 0 Å². The van der Waals surface area contributed by atoms with Gasteiger partial charge in [0.2, 0.25) is 0 Å². The molecule has 0 spiro atoms. The number of benzene rings is 2. The number of aryl methyl sites for hydroxylation is 2. The second kappa shape index (κ2) is 8.37. The molecule has 2 aromatic carbocycles. The van der Waals surface area contributed by atoms with Crippen LogP contribution in [-0.4, -0.2) is 36.5 Å². The maximum atomic E-state index is 12.5. The number of nitrogens with zero attached hydrogens (tertiary/aromatic N) is 1. The summed E-state index contributed by atoms with van der Waals surface area (Å²) in [6.45, 7) is 5.27. The van der Waals surface area contributed by atoms with Crippen molar-refractivity contribution in [3.63, 3.8) is 0 Å². The Morgan fingerprint density at radius 3 is 2.36 bits per heavy atom. The Hall–Kier alpha value is -2.04. The molecule has 0 radical (unpaired) electrons. The number of rotatable bonds is 4. The Labute approximate surface area is 155 Å². The van der Waals surface area contributed by atoms with Gasteiger partial charge in [-0.3, -0.25) is 4.79 Å². The maximum Gasteiger partial charge on any atom is 0.260 e. The van der Waals surface area contributed by atoms with Crippen molar-refractivity contribution in [2.24, 2.45) is 5.73 Å². The Balaban J connectivity index is 0.00000225. The Morgan fingerprint density at radius 1 is 1.08 bits per heavy atom. The summed E-state index contributed by atoms with van der Waals surface area (Å²) < 4.78 is 5.79. The standard InChI is InChI=1S/C20H24N2O2.ClH/c1-14-7-6-8-15(2)20(14)24-13-19(23)22-11-17(18(21)12-22)16-9-4-3-5-10-16;/h3-10,17-18H,11-13,21H2,1-2H3;1H/t17-,18+;/m0./s1. The SMILES string of the molecule is Cc1cccc(C)c1OCC(=O)N1C[C@@H](N)[C@H](c2ccccc2)C1.Cl. The van der Waals surface area contributed by atoms with Crippen molar-refractivity contribution in [2.45, 2.75) is 25.8 Å². The summed E-state index contributed by atoms with van der Waals surface area (Å²) in [5.74, 6) is 0.982. The van der Waals surface area contributed by atoms with E-state index < -0.39 is 0 Å². The van der Waals surface area contributed by atoms with Gasteiger partial charge in [-0.1, -0.05) is 48.5 Å². The first-order valence-corrected chi connectivity index (χ1v) is 8.33. The van der Waals surface area contributed by atoms with Crippen molar-refractivity contribution in [3.05, 3.63) is 65.2 Å². The summed E-state index contributed by atoms with van der Waals surface area (Å²) in [6, 6.07) is 16.1. The first-order valence-electron chi connectivity index (χ1n) is 8.33. The molecule has 2 aromatic rings. The lowest BCUT2D eigenvalue weighted by molar-refractivity contribution is -0.132. The zero-order chi connectivity index (χ0) is 17.1. The topological polar surface area (TPSA) is 55.6 Å². The number of para-hydroxylation sites is 1. The average Bonchev–Trinajstić information content (AvgIpc) is 2.97. The van der Waals surface area contributed by atoms with Crippen LogP contribution >= 0.6 is 12.4 Å². The van der Waals surface area contributed by atoms with Crippen LogP contribution in [0.15, 0.2) is 48.5 Å². The molecule has 1 amide bonds. The molecule has 0 aliphatic carbocycles. The molecular weight excluding hydrogens is 336 g/mol. The van der Waals surface area contributed by atoms with Crippen molar-refractivity contribution in [3.8, 4) is 5.75 Å². The van der Waals surface area contributed by atoms with E-state index in [1.807, 2.05) is 55.1 Å². The first kappa shape index (κ1) is 19.3. The van der Waals surface area contributed by atoms with Gasteiger partial charge < -0.3 is 15.4 Å². The molecule has 5 heteroatoms. The van der Waals surface area contributed by atoms with Crippen LogP contribution in [-0.2, 0) is 4.79 Å². The lowest BCUT2D eigenvalue weighted by Gasteiger charge is -2.18. The Kier molecular flexibility index (Phi) is 6.45. The van der Waals surface area contributed by atoms with Gasteiger partial charge in [-0.15, -0.1) is 12.4 Å². The second-order valence-corrected chi connectivity index (χ2v) is 6.49. The predicted octanol–water partition coefficient (Wildman–Crippen LogP) is 3.06. The van der Waals surface area contributed by atoms with E-state index in [1.165, 1.54) is 5.56 Å². The summed E-state index contributed by atoms with van der Waals surface area (Å²) >= 11 is 0. The monoisotopic (exact) mass is 360 g/mol. The third-order valence-electron chi connectivity index (χ3n) is 4.69. The summed E-state index contributed by atoms with van der Waals surface area (Å²) in [5, 5.41) is 0. The van der Waals surface area contributed by atoms with Crippen LogP contribution in [0.4, 0.5) is 0 Å². The van der Waals surface area contributed by atoms with E-state index in [-0.39, 0.29) is 36.9 Å². The molecule has 4 nitrogen and oxygen atoms in total. The highest BCUT2D eigenvalue weighted by atomic mass is 35.5. The van der Waals surface area contributed by atoms with Crippen molar-refractivity contribution >= 4 is 18.3 Å². The van der Waals surface area contributed by atoms with Crippen LogP contribution in [0.2, 0.25) is 0 Å². The minimum Gasteiger partial charge on any atom is -0.483 e. The fraction of sp³-hybridized carbons (Fsp3) is 0.350. The van der Waals surface area contributed by atoms with E-state index in [4.69, 9.17) is 10.5 Å². The van der Waals surface area contributed by atoms with Crippen molar-refractivity contribution < 1.29 is 9.53 Å². The van der Waals surface area contributed by atoms with E-state index in [0.29, 0.717) is 13.1 Å². The number of likely N-dealkylation sites (tertiary alicyclic amines) is 1. The van der Waals surface area contributed by atoms with E-state index >= 15 is 0 Å². The van der Waals surface area contributed by atoms with Crippen molar-refractivity contribution in [1.29, 1.82) is 0 Å². The van der Waals surface area contributed by atoms with Gasteiger partial charge in [0.25, 0.3) is 5.91 Å². The first-order chi connectivity index (χ1) is 11.6. The minimum atomic E-state index is -0.0310. The van der Waals surface area contributed by atoms with Crippen LogP contribution in [0.3, 0.4) is 0 Å². The second-order valence-electron chi connectivity index (χ2n) is 6.49. The lowest BCUT2D eigenvalue weighted by Crippen LogP contribution is -2.35. The van der Waals surface area contributed by atoms with Gasteiger partial charge in [0.05, 0.1) is 0 Å². The Morgan fingerprint density at radius 2 is 1.72 bits per heavy atom. The Bertz CT molecular complexity index is 701. The third-order valence-corrected chi connectivity index (χ3v) is 4.69. The molecule has 25 heavy (non-hydrogen) atoms. The van der Waals surface area contributed by atoms with Crippen LogP contribution in [0.1, 0.15) is 22.6 Å². The van der Waals surface area contributed by atoms with Crippen molar-refractivity contribution in [1.82, 2.24) is 4.90 Å². The van der Waals surface area contributed by atoms with Gasteiger partial charge in [0, 0.05) is 25.0 Å². The molecule has 1 heterocycles. The van der Waals surface area contributed by atoms with Gasteiger partial charge >= 0.3 is 0 Å². The van der Waals surface area contributed by atoms with Gasteiger partial charge in [-0.05, 0) is 30.5 Å². The molecule has 0 bridgehead atoms. The molecular formula is C20H25ClN2O2. The fourth-order valence-electron chi connectivity index (χ4n) is 3.34. The summed E-state index contributed by atoms with van der Waals surface area (Å²) in [6.07, 6.45) is 0. The highest BCUT2D eigenvalue weighted by Gasteiger charge is 2.33. The zero-order valence-corrected chi connectivity index (χ0v) is 15.5. The molecule has 134 valence electrons. The number of carbonyl (C=O) groups excluding carboxylic acids is 1. The molecule has 0 aromatic heterocycles. The zero-order valence-electron chi connectivity index (χ0n) is 14.6. The van der Waals surface area contributed by atoms with Gasteiger partial charge in [0.1, 0.15) is 5.75 Å². The number of nitrogens with two attached hydrogens (primary N) is 1. The fourth-order valence-corrected chi connectivity index (χ4v) is 3.34. The highest BCUT2D eigenvalue weighted by Crippen LogP contribution is 2.27. The summed E-state index contributed by atoms with van der Waals surface area (Å²) in [7, 11) is 0. The van der Waals surface area contributed by atoms with E-state index in [1.54, 1.807) is 0 Å². The van der Waals surface area contributed by atoms with Crippen LogP contribution in [0, 0.1) is 13.8 Å². The number of hydrogen-bond acceptors (Lipinski definition) is 3. The molecule has 1 aliphatic rings. The molecule has 2 N–H and O–H groups in total. The van der Waals surface area contributed by atoms with Gasteiger partial charge in [-0.2, -0.15) is 0 Å². The molecule has 0 saturated carbocycles. The predicted molar refractivity (Wildman–Crippen MR) is 102 cm³/mol. The molecule has 2 atom stereocenters. The number of carbonyl (C=O) groups is 1. The number of ether oxygens (including phenoxy) is 1. The van der Waals surface area contributed by atoms with Crippen molar-refractivity contribution in [2.75, 3.05) is 19.7 Å². The molecule has 0 unspecified atom stereocenters. The van der Waals surface area contributed by atoms with E-state index in [2.05, 4.69) is 12.1 Å². The number of halogens is 1. The van der Waals surface area contributed by atoms with Crippen LogP contribution in [0.5, 0.6) is 5.75 Å². The van der Waals surface area contributed by atoms with E-state index in [0.717, 1.165) is 16.9 Å². The average molecular weight is 361 g/mol. The lowest BCUT2D eigenvalue weighted by atomic mass is 9.95. The van der Waals surface area contributed by atoms with Gasteiger partial charge in [0.15, 0.2) is 6.61 Å². The van der Waals surface area contributed by atoms with Gasteiger partial charge in [-0.25, -0.2) is 0 Å². The molecule has 1 saturated heterocycles. The van der Waals surface area contributed by atoms with E-state index in [9.17, 15) is 4.79 Å². The molecule has 1 fully saturated rings. The summed E-state index contributed by atoms with van der Waals surface area (Å²) in [4.78, 5) is 14.3. The normalized spacial score (nSPS) is 19.4. The smallest absolute Gasteiger partial charge is 0.260 e. The largest absolute Gasteiger partial charge is 0.483 e. The third kappa shape index (κ3) is 4.33. The molecule has 1 aliphatic heterocycles. The maximum absolute atomic E-state index is 12.5. The molecule has 3 rings (SSSR count). The number of hydrogen-bond donors (Lipinski definition) is 1. The quantitative estimate of drug-likeness (QED) is 0.911. The highest BCUT2D eigenvalue weighted by molar-refractivity contribution is 5.85.